The molecule has 0 fully saturated rings. The van der Waals surface area contributed by atoms with Crippen LogP contribution < -0.4 is 10.6 Å². The number of hydrogen-bond donors (Lipinski definition) is 2. The third-order valence-corrected chi connectivity index (χ3v) is 6.99. The van der Waals surface area contributed by atoms with Crippen molar-refractivity contribution in [1.82, 2.24) is 14.8 Å². The van der Waals surface area contributed by atoms with Crippen molar-refractivity contribution in [2.24, 2.45) is 0 Å². The number of thioether (sulfide) groups is 1. The molecule has 1 aliphatic rings. The SMILES string of the molecule is CC1=C(C(=O)Nc2ccc(Cl)cc2)[C@@H](c2ccccc2F)n2nc(SCc3cccc(C)c3)nc2N1. The quantitative estimate of drug-likeness (QED) is 0.281. The number of nitrogens with zero attached hydrogens (tertiary/aromatic N) is 3. The second kappa shape index (κ2) is 10.2. The Balaban J connectivity index is 1.49. The van der Waals surface area contributed by atoms with Gasteiger partial charge < -0.3 is 10.6 Å². The zero-order valence-electron chi connectivity index (χ0n) is 19.6. The summed E-state index contributed by atoms with van der Waals surface area (Å²) >= 11 is 7.46. The predicted octanol–water partition coefficient (Wildman–Crippen LogP) is 6.60. The first kappa shape index (κ1) is 24.1. The van der Waals surface area contributed by atoms with Gasteiger partial charge in [0.25, 0.3) is 5.91 Å². The zero-order chi connectivity index (χ0) is 25.2. The maximum Gasteiger partial charge on any atom is 0.255 e. The van der Waals surface area contributed by atoms with E-state index in [9.17, 15) is 4.79 Å². The molecule has 3 aromatic carbocycles. The van der Waals surface area contributed by atoms with E-state index in [1.54, 1.807) is 54.1 Å². The average Bonchev–Trinajstić information content (AvgIpc) is 3.26. The highest BCUT2D eigenvalue weighted by Gasteiger charge is 2.35. The van der Waals surface area contributed by atoms with Crippen molar-refractivity contribution in [2.45, 2.75) is 30.8 Å². The molecule has 1 amide bonds. The molecular weight excluding hydrogens is 497 g/mol. The standard InChI is InChI=1S/C27H23ClFN5OS/c1-16-6-5-7-18(14-16)15-36-27-32-26-30-17(2)23(25(35)31-20-12-10-19(28)11-13-20)24(34(26)33-27)21-8-3-4-9-22(21)29/h3-14,24H,15H2,1-2H3,(H,31,35)(H,30,32,33)/t24-/m1/s1. The maximum absolute atomic E-state index is 15.1. The van der Waals surface area contributed by atoms with Crippen molar-refractivity contribution in [2.75, 3.05) is 10.6 Å². The van der Waals surface area contributed by atoms with E-state index in [0.717, 1.165) is 5.56 Å². The lowest BCUT2D eigenvalue weighted by molar-refractivity contribution is -0.113. The van der Waals surface area contributed by atoms with Crippen LogP contribution in [0.25, 0.3) is 0 Å². The van der Waals surface area contributed by atoms with Gasteiger partial charge in [-0.2, -0.15) is 4.98 Å². The summed E-state index contributed by atoms with van der Waals surface area (Å²) in [6.07, 6.45) is 0. The second-order valence-corrected chi connectivity index (χ2v) is 9.87. The molecular formula is C27H23ClFN5OS. The van der Waals surface area contributed by atoms with Crippen LogP contribution in [0.4, 0.5) is 16.0 Å². The fourth-order valence-corrected chi connectivity index (χ4v) is 5.05. The number of rotatable bonds is 6. The van der Waals surface area contributed by atoms with Crippen LogP contribution in [-0.2, 0) is 10.5 Å². The molecule has 6 nitrogen and oxygen atoms in total. The average molecular weight is 520 g/mol. The van der Waals surface area contributed by atoms with E-state index < -0.39 is 11.9 Å². The van der Waals surface area contributed by atoms with E-state index in [0.29, 0.717) is 44.4 Å². The largest absolute Gasteiger partial charge is 0.328 e. The number of benzene rings is 3. The smallest absolute Gasteiger partial charge is 0.255 e. The molecule has 5 rings (SSSR count). The molecule has 0 saturated heterocycles. The molecule has 9 heteroatoms. The molecule has 0 radical (unpaired) electrons. The topological polar surface area (TPSA) is 71.8 Å². The number of hydrogen-bond acceptors (Lipinski definition) is 5. The van der Waals surface area contributed by atoms with Crippen molar-refractivity contribution in [1.29, 1.82) is 0 Å². The van der Waals surface area contributed by atoms with Gasteiger partial charge in [0.2, 0.25) is 11.1 Å². The normalized spacial score (nSPS) is 14.8. The number of halogens is 2. The Kier molecular flexibility index (Phi) is 6.80. The molecule has 2 heterocycles. The van der Waals surface area contributed by atoms with Gasteiger partial charge in [-0.25, -0.2) is 9.07 Å². The molecule has 4 aromatic rings. The number of aryl methyl sites for hydroxylation is 1. The van der Waals surface area contributed by atoms with Crippen LogP contribution in [0.15, 0.2) is 89.2 Å². The van der Waals surface area contributed by atoms with Crippen molar-refractivity contribution in [3.8, 4) is 0 Å². The van der Waals surface area contributed by atoms with Gasteiger partial charge in [-0.05, 0) is 49.7 Å². The van der Waals surface area contributed by atoms with Crippen LogP contribution in [0, 0.1) is 12.7 Å². The van der Waals surface area contributed by atoms with Gasteiger partial charge in [-0.3, -0.25) is 4.79 Å². The van der Waals surface area contributed by atoms with Crippen LogP contribution in [0.1, 0.15) is 29.7 Å². The Labute approximate surface area is 217 Å². The second-order valence-electron chi connectivity index (χ2n) is 8.49. The lowest BCUT2D eigenvalue weighted by Gasteiger charge is -2.28. The lowest BCUT2D eigenvalue weighted by atomic mass is 9.94. The third kappa shape index (κ3) is 5.01. The fraction of sp³-hybridized carbons (Fsp3) is 0.148. The molecule has 0 unspecified atom stereocenters. The van der Waals surface area contributed by atoms with E-state index in [1.165, 1.54) is 23.4 Å². The van der Waals surface area contributed by atoms with Crippen molar-refractivity contribution < 1.29 is 9.18 Å². The number of nitrogens with one attached hydrogen (secondary N) is 2. The molecule has 0 spiro atoms. The molecule has 2 N–H and O–H groups in total. The summed E-state index contributed by atoms with van der Waals surface area (Å²) in [4.78, 5) is 18.1. The maximum atomic E-state index is 15.1. The van der Waals surface area contributed by atoms with Crippen LogP contribution in [0.2, 0.25) is 5.02 Å². The van der Waals surface area contributed by atoms with E-state index in [4.69, 9.17) is 11.6 Å². The van der Waals surface area contributed by atoms with Crippen LogP contribution in [0.5, 0.6) is 0 Å². The van der Waals surface area contributed by atoms with E-state index >= 15 is 4.39 Å². The molecule has 1 aliphatic heterocycles. The van der Waals surface area contributed by atoms with E-state index in [1.807, 2.05) is 6.07 Å². The van der Waals surface area contributed by atoms with Crippen LogP contribution >= 0.6 is 23.4 Å². The first-order chi connectivity index (χ1) is 17.4. The summed E-state index contributed by atoms with van der Waals surface area (Å²) in [6, 6.07) is 20.7. The number of amides is 1. The Morgan fingerprint density at radius 1 is 1.11 bits per heavy atom. The minimum absolute atomic E-state index is 0.334. The predicted molar refractivity (Wildman–Crippen MR) is 142 cm³/mol. The molecule has 0 bridgehead atoms. The molecule has 182 valence electrons. The summed E-state index contributed by atoms with van der Waals surface area (Å²) in [7, 11) is 0. The Hall–Kier alpha value is -3.62. The number of carbonyl (C=O) groups excluding carboxylic acids is 1. The van der Waals surface area contributed by atoms with Gasteiger partial charge in [0, 0.05) is 27.7 Å². The minimum atomic E-state index is -0.796. The summed E-state index contributed by atoms with van der Waals surface area (Å²) in [5, 5.41) is 11.9. The van der Waals surface area contributed by atoms with Crippen molar-refractivity contribution >= 4 is 40.9 Å². The van der Waals surface area contributed by atoms with Gasteiger partial charge >= 0.3 is 0 Å². The van der Waals surface area contributed by atoms with Gasteiger partial charge in [0.15, 0.2) is 0 Å². The Morgan fingerprint density at radius 2 is 1.89 bits per heavy atom. The summed E-state index contributed by atoms with van der Waals surface area (Å²) < 4.78 is 16.6. The number of aromatic nitrogens is 3. The highest BCUT2D eigenvalue weighted by atomic mass is 35.5. The van der Waals surface area contributed by atoms with Gasteiger partial charge in [-0.15, -0.1) is 5.10 Å². The molecule has 0 aliphatic carbocycles. The first-order valence-electron chi connectivity index (χ1n) is 11.3. The Bertz CT molecular complexity index is 1470. The summed E-state index contributed by atoms with van der Waals surface area (Å²) in [5.41, 5.74) is 4.18. The van der Waals surface area contributed by atoms with Crippen LogP contribution in [-0.4, -0.2) is 20.7 Å². The monoisotopic (exact) mass is 519 g/mol. The number of anilines is 2. The fourth-order valence-electron chi connectivity index (χ4n) is 4.15. The van der Waals surface area contributed by atoms with E-state index in [-0.39, 0.29) is 5.91 Å². The lowest BCUT2D eigenvalue weighted by Crippen LogP contribution is -2.32. The van der Waals surface area contributed by atoms with Gasteiger partial charge in [0.1, 0.15) is 11.9 Å². The highest BCUT2D eigenvalue weighted by molar-refractivity contribution is 7.98. The van der Waals surface area contributed by atoms with Crippen LogP contribution in [0.3, 0.4) is 0 Å². The summed E-state index contributed by atoms with van der Waals surface area (Å²) in [5.74, 6) is 0.344. The number of allylic oxidation sites excluding steroid dienone is 1. The molecule has 1 atom stereocenters. The highest BCUT2D eigenvalue weighted by Crippen LogP contribution is 2.38. The molecule has 1 aromatic heterocycles. The zero-order valence-corrected chi connectivity index (χ0v) is 21.2. The first-order valence-corrected chi connectivity index (χ1v) is 12.7. The van der Waals surface area contributed by atoms with Gasteiger partial charge in [-0.1, -0.05) is 71.4 Å². The molecule has 0 saturated carbocycles. The van der Waals surface area contributed by atoms with E-state index in [2.05, 4.69) is 45.8 Å². The minimum Gasteiger partial charge on any atom is -0.328 e. The Morgan fingerprint density at radius 3 is 2.64 bits per heavy atom. The van der Waals surface area contributed by atoms with Crippen molar-refractivity contribution in [3.05, 3.63) is 112 Å². The number of fused-ring (bicyclic) bond motifs is 1. The van der Waals surface area contributed by atoms with Crippen molar-refractivity contribution in [3.63, 3.8) is 0 Å². The van der Waals surface area contributed by atoms with Gasteiger partial charge in [0.05, 0.1) is 5.57 Å². The number of carbonyl (C=O) groups is 1. The molecule has 36 heavy (non-hydrogen) atoms. The third-order valence-electron chi connectivity index (χ3n) is 5.83. The summed E-state index contributed by atoms with van der Waals surface area (Å²) in [6.45, 7) is 3.83.